The number of methoxy groups -OCH3 is 3. The maximum absolute atomic E-state index is 12.9. The average Bonchev–Trinajstić information content (AvgIpc) is 2.82. The molecule has 0 unspecified atom stereocenters. The topological polar surface area (TPSA) is 77.5 Å². The maximum Gasteiger partial charge on any atom is 0.414 e. The van der Waals surface area contributed by atoms with E-state index in [0.29, 0.717) is 30.2 Å². The van der Waals surface area contributed by atoms with Gasteiger partial charge in [-0.25, -0.2) is 9.59 Å². The van der Waals surface area contributed by atoms with Gasteiger partial charge in [-0.05, 0) is 38.8 Å². The molecule has 0 aliphatic carbocycles. The molecule has 2 aromatic rings. The Morgan fingerprint density at radius 1 is 1.06 bits per heavy atom. The van der Waals surface area contributed by atoms with Gasteiger partial charge in [-0.2, -0.15) is 0 Å². The Labute approximate surface area is 195 Å². The van der Waals surface area contributed by atoms with Crippen molar-refractivity contribution in [2.75, 3.05) is 32.8 Å². The lowest BCUT2D eigenvalue weighted by Gasteiger charge is -2.42. The van der Waals surface area contributed by atoms with E-state index in [1.54, 1.807) is 37.0 Å². The molecule has 33 heavy (non-hydrogen) atoms. The number of amides is 2. The zero-order valence-electron chi connectivity index (χ0n) is 20.1. The van der Waals surface area contributed by atoms with Crippen LogP contribution in [0.25, 0.3) is 0 Å². The molecule has 0 bridgehead atoms. The summed E-state index contributed by atoms with van der Waals surface area (Å²) in [7, 11) is 4.47. The summed E-state index contributed by atoms with van der Waals surface area (Å²) in [4.78, 5) is 29.1. The van der Waals surface area contributed by atoms with Gasteiger partial charge in [0.1, 0.15) is 0 Å². The first-order valence-electron chi connectivity index (χ1n) is 11.0. The minimum atomic E-state index is -0.446. The fourth-order valence-electron chi connectivity index (χ4n) is 4.23. The van der Waals surface area contributed by atoms with Crippen molar-refractivity contribution >= 4 is 17.9 Å². The number of hydrogen-bond donors (Lipinski definition) is 0. The highest BCUT2D eigenvalue weighted by atomic mass is 16.6. The predicted octanol–water partition coefficient (Wildman–Crippen LogP) is 5.08. The van der Waals surface area contributed by atoms with E-state index in [-0.39, 0.29) is 18.7 Å². The van der Waals surface area contributed by atoms with E-state index in [1.165, 1.54) is 7.11 Å². The molecular weight excluding hydrogens is 424 g/mol. The molecule has 0 saturated carbocycles. The van der Waals surface area contributed by atoms with E-state index in [9.17, 15) is 9.59 Å². The van der Waals surface area contributed by atoms with Crippen molar-refractivity contribution in [1.82, 2.24) is 4.90 Å². The van der Waals surface area contributed by atoms with Crippen LogP contribution in [0, 0.1) is 6.92 Å². The van der Waals surface area contributed by atoms with Crippen LogP contribution in [0.4, 0.5) is 15.3 Å². The lowest BCUT2D eigenvalue weighted by atomic mass is 9.90. The van der Waals surface area contributed by atoms with Crippen LogP contribution in [-0.4, -0.2) is 51.1 Å². The number of aryl methyl sites for hydroxylation is 1. The smallest absolute Gasteiger partial charge is 0.414 e. The van der Waals surface area contributed by atoms with Crippen molar-refractivity contribution in [3.8, 4) is 11.5 Å². The Morgan fingerprint density at radius 3 is 2.27 bits per heavy atom. The van der Waals surface area contributed by atoms with E-state index < -0.39 is 12.2 Å². The highest BCUT2D eigenvalue weighted by molar-refractivity contribution is 5.91. The molecule has 2 amide bonds. The van der Waals surface area contributed by atoms with Crippen LogP contribution in [0.2, 0.25) is 0 Å². The van der Waals surface area contributed by atoms with E-state index in [2.05, 4.69) is 0 Å². The molecule has 2 aromatic carbocycles. The molecular formula is C25H32N2O6. The lowest BCUT2D eigenvalue weighted by Crippen LogP contribution is -2.47. The number of benzene rings is 2. The van der Waals surface area contributed by atoms with E-state index in [0.717, 1.165) is 16.7 Å². The molecule has 178 valence electrons. The van der Waals surface area contributed by atoms with Crippen molar-refractivity contribution in [1.29, 1.82) is 0 Å². The van der Waals surface area contributed by atoms with E-state index in [1.807, 2.05) is 44.2 Å². The summed E-state index contributed by atoms with van der Waals surface area (Å²) in [6, 6.07) is 11.0. The third kappa shape index (κ3) is 4.99. The highest BCUT2D eigenvalue weighted by Gasteiger charge is 2.40. The SMILES string of the molecule is CCOC(=O)N1c2cc(OC)c(OC)cc2[C@@H](N(Cc2ccc(C)cc2)C(=O)OC)C[C@H]1C. The molecule has 2 atom stereocenters. The molecule has 8 nitrogen and oxygen atoms in total. The Bertz CT molecular complexity index is 991. The van der Waals surface area contributed by atoms with Crippen LogP contribution in [0.3, 0.4) is 0 Å². The fraction of sp³-hybridized carbons (Fsp3) is 0.440. The number of carbonyl (C=O) groups excluding carboxylic acids is 2. The summed E-state index contributed by atoms with van der Waals surface area (Å²) in [6.07, 6.45) is -0.388. The number of nitrogens with zero attached hydrogens (tertiary/aromatic N) is 2. The Morgan fingerprint density at radius 2 is 1.70 bits per heavy atom. The fourth-order valence-corrected chi connectivity index (χ4v) is 4.23. The van der Waals surface area contributed by atoms with Gasteiger partial charge < -0.3 is 18.9 Å². The van der Waals surface area contributed by atoms with Crippen molar-refractivity contribution < 1.29 is 28.5 Å². The number of hydrogen-bond acceptors (Lipinski definition) is 6. The average molecular weight is 457 g/mol. The largest absolute Gasteiger partial charge is 0.493 e. The number of rotatable bonds is 6. The number of anilines is 1. The van der Waals surface area contributed by atoms with Gasteiger partial charge in [0.25, 0.3) is 0 Å². The quantitative estimate of drug-likeness (QED) is 0.603. The number of carbonyl (C=O) groups is 2. The van der Waals surface area contributed by atoms with Gasteiger partial charge in [-0.3, -0.25) is 9.80 Å². The third-order valence-electron chi connectivity index (χ3n) is 5.88. The van der Waals surface area contributed by atoms with Gasteiger partial charge >= 0.3 is 12.2 Å². The van der Waals surface area contributed by atoms with Crippen LogP contribution in [-0.2, 0) is 16.0 Å². The van der Waals surface area contributed by atoms with E-state index >= 15 is 0 Å². The zero-order chi connectivity index (χ0) is 24.1. The first kappa shape index (κ1) is 24.2. The van der Waals surface area contributed by atoms with Crippen molar-refractivity contribution in [2.24, 2.45) is 0 Å². The van der Waals surface area contributed by atoms with E-state index in [4.69, 9.17) is 18.9 Å². The standard InChI is InChI=1S/C25H32N2O6/c1-7-33-25(29)27-17(3)12-20(19-13-22(30-4)23(31-5)14-21(19)27)26(24(28)32-6)15-18-10-8-16(2)9-11-18/h8-11,13-14,17,20H,7,12,15H2,1-6H3/t17-,20+/m1/s1. The molecule has 1 aliphatic heterocycles. The van der Waals surface area contributed by atoms with Crippen molar-refractivity contribution in [2.45, 2.75) is 45.8 Å². The van der Waals surface area contributed by atoms with Crippen molar-refractivity contribution in [3.63, 3.8) is 0 Å². The Balaban J connectivity index is 2.13. The Hall–Kier alpha value is -3.42. The Kier molecular flexibility index (Phi) is 7.68. The molecule has 1 aliphatic rings. The minimum absolute atomic E-state index is 0.232. The minimum Gasteiger partial charge on any atom is -0.493 e. The summed E-state index contributed by atoms with van der Waals surface area (Å²) >= 11 is 0. The second kappa shape index (κ2) is 10.5. The molecule has 0 aromatic heterocycles. The lowest BCUT2D eigenvalue weighted by molar-refractivity contribution is 0.0941. The third-order valence-corrected chi connectivity index (χ3v) is 5.88. The second-order valence-electron chi connectivity index (χ2n) is 8.02. The van der Waals surface area contributed by atoms with Crippen LogP contribution in [0.1, 0.15) is 43.0 Å². The van der Waals surface area contributed by atoms with Crippen LogP contribution in [0.15, 0.2) is 36.4 Å². The molecule has 0 N–H and O–H groups in total. The summed E-state index contributed by atoms with van der Waals surface area (Å²) in [5, 5.41) is 0. The van der Waals surface area contributed by atoms with Gasteiger partial charge in [0.15, 0.2) is 11.5 Å². The molecule has 0 fully saturated rings. The first-order chi connectivity index (χ1) is 15.8. The highest BCUT2D eigenvalue weighted by Crippen LogP contribution is 2.46. The first-order valence-corrected chi connectivity index (χ1v) is 11.0. The molecule has 0 saturated heterocycles. The van der Waals surface area contributed by atoms with Crippen LogP contribution >= 0.6 is 0 Å². The molecule has 0 radical (unpaired) electrons. The van der Waals surface area contributed by atoms with Gasteiger partial charge in [0.2, 0.25) is 0 Å². The normalized spacial score (nSPS) is 17.1. The zero-order valence-corrected chi connectivity index (χ0v) is 20.1. The maximum atomic E-state index is 12.9. The molecule has 3 rings (SSSR count). The van der Waals surface area contributed by atoms with Gasteiger partial charge in [0.05, 0.1) is 39.7 Å². The molecule has 8 heteroatoms. The van der Waals surface area contributed by atoms with Crippen molar-refractivity contribution in [3.05, 3.63) is 53.1 Å². The number of ether oxygens (including phenoxy) is 4. The van der Waals surface area contributed by atoms with Gasteiger partial charge in [-0.1, -0.05) is 29.8 Å². The second-order valence-corrected chi connectivity index (χ2v) is 8.02. The summed E-state index contributed by atoms with van der Waals surface area (Å²) in [6.45, 7) is 6.34. The van der Waals surface area contributed by atoms with Gasteiger partial charge in [0, 0.05) is 24.2 Å². The number of fused-ring (bicyclic) bond motifs is 1. The van der Waals surface area contributed by atoms with Crippen LogP contribution in [0.5, 0.6) is 11.5 Å². The monoisotopic (exact) mass is 456 g/mol. The molecule has 1 heterocycles. The summed E-state index contributed by atoms with van der Waals surface area (Å²) < 4.78 is 21.5. The summed E-state index contributed by atoms with van der Waals surface area (Å²) in [5.74, 6) is 1.00. The molecule has 0 spiro atoms. The summed E-state index contributed by atoms with van der Waals surface area (Å²) in [5.41, 5.74) is 3.50. The predicted molar refractivity (Wildman–Crippen MR) is 125 cm³/mol. The van der Waals surface area contributed by atoms with Crippen LogP contribution < -0.4 is 14.4 Å². The van der Waals surface area contributed by atoms with Gasteiger partial charge in [-0.15, -0.1) is 0 Å².